The molecule has 4 nitrogen and oxygen atoms in total. The third-order valence-corrected chi connectivity index (χ3v) is 3.91. The van der Waals surface area contributed by atoms with Crippen LogP contribution >= 0.6 is 0 Å². The number of nitrogens with one attached hydrogen (secondary N) is 1. The molecule has 0 amide bonds. The van der Waals surface area contributed by atoms with E-state index in [9.17, 15) is 4.79 Å². The van der Waals surface area contributed by atoms with Gasteiger partial charge >= 0.3 is 0 Å². The molecular formula is C17H28N2O2. The zero-order valence-corrected chi connectivity index (χ0v) is 13.7. The Balaban J connectivity index is 2.24. The first-order valence-corrected chi connectivity index (χ1v) is 7.89. The molecule has 1 aliphatic carbocycles. The summed E-state index contributed by atoms with van der Waals surface area (Å²) in [6.07, 6.45) is 3.34. The van der Waals surface area contributed by atoms with E-state index in [-0.39, 0.29) is 11.0 Å². The Bertz CT molecular complexity index is 525. The third-order valence-electron chi connectivity index (χ3n) is 3.91. The summed E-state index contributed by atoms with van der Waals surface area (Å²) in [5.41, 5.74) is 2.08. The van der Waals surface area contributed by atoms with Crippen LogP contribution in [0.2, 0.25) is 0 Å². The van der Waals surface area contributed by atoms with E-state index in [1.165, 1.54) is 12.8 Å². The quantitative estimate of drug-likeness (QED) is 0.785. The van der Waals surface area contributed by atoms with Crippen molar-refractivity contribution in [3.63, 3.8) is 0 Å². The monoisotopic (exact) mass is 292 g/mol. The second-order valence-corrected chi connectivity index (χ2v) is 6.95. The van der Waals surface area contributed by atoms with Crippen molar-refractivity contribution in [1.82, 2.24) is 9.88 Å². The van der Waals surface area contributed by atoms with Gasteiger partial charge in [-0.3, -0.25) is 4.79 Å². The van der Waals surface area contributed by atoms with Gasteiger partial charge in [-0.2, -0.15) is 0 Å². The summed E-state index contributed by atoms with van der Waals surface area (Å²) in [6, 6.07) is 4.72. The maximum absolute atomic E-state index is 12.7. The molecule has 1 aromatic heterocycles. The van der Waals surface area contributed by atoms with Crippen LogP contribution in [0.3, 0.4) is 0 Å². The lowest BCUT2D eigenvalue weighted by Crippen LogP contribution is -2.33. The first kappa shape index (κ1) is 16.2. The SMILES string of the molecule is COCCCn1c(C(C)(C)C)ccc(CNC2CC2)c1=O. The van der Waals surface area contributed by atoms with E-state index in [0.717, 1.165) is 24.2 Å². The van der Waals surface area contributed by atoms with Gasteiger partial charge in [0.2, 0.25) is 0 Å². The molecule has 21 heavy (non-hydrogen) atoms. The van der Waals surface area contributed by atoms with E-state index in [4.69, 9.17) is 4.74 Å². The van der Waals surface area contributed by atoms with Gasteiger partial charge in [-0.05, 0) is 25.3 Å². The maximum atomic E-state index is 12.7. The van der Waals surface area contributed by atoms with Crippen molar-refractivity contribution in [2.45, 2.75) is 64.6 Å². The minimum atomic E-state index is -0.0331. The number of ether oxygens (including phenoxy) is 1. The molecule has 118 valence electrons. The number of nitrogens with zero attached hydrogens (tertiary/aromatic N) is 1. The molecule has 2 rings (SSSR count). The molecule has 1 aliphatic rings. The average Bonchev–Trinajstić information content (AvgIpc) is 3.22. The van der Waals surface area contributed by atoms with Crippen LogP contribution in [0, 0.1) is 0 Å². The third kappa shape index (κ3) is 4.42. The van der Waals surface area contributed by atoms with Crippen LogP contribution in [0.1, 0.15) is 51.3 Å². The fraction of sp³-hybridized carbons (Fsp3) is 0.706. The Labute approximate surface area is 127 Å². The standard InChI is InChI=1S/C17H28N2O2/c1-17(2,3)15-9-6-13(12-18-14-7-8-14)16(20)19(15)10-5-11-21-4/h6,9,14,18H,5,7-8,10-12H2,1-4H3. The van der Waals surface area contributed by atoms with Crippen molar-refractivity contribution in [1.29, 1.82) is 0 Å². The van der Waals surface area contributed by atoms with Crippen LogP contribution in [0.25, 0.3) is 0 Å². The van der Waals surface area contributed by atoms with Crippen molar-refractivity contribution in [3.8, 4) is 0 Å². The van der Waals surface area contributed by atoms with Crippen LogP contribution in [-0.2, 0) is 23.2 Å². The van der Waals surface area contributed by atoms with Gasteiger partial charge in [0.15, 0.2) is 0 Å². The fourth-order valence-corrected chi connectivity index (χ4v) is 2.54. The van der Waals surface area contributed by atoms with E-state index in [2.05, 4.69) is 32.2 Å². The second kappa shape index (κ2) is 6.75. The molecule has 0 saturated heterocycles. The smallest absolute Gasteiger partial charge is 0.255 e. The molecule has 4 heteroatoms. The lowest BCUT2D eigenvalue weighted by atomic mass is 9.90. The summed E-state index contributed by atoms with van der Waals surface area (Å²) in [5.74, 6) is 0. The zero-order chi connectivity index (χ0) is 15.5. The van der Waals surface area contributed by atoms with Crippen LogP contribution < -0.4 is 10.9 Å². The number of methoxy groups -OCH3 is 1. The molecule has 1 fully saturated rings. The van der Waals surface area contributed by atoms with E-state index >= 15 is 0 Å². The van der Waals surface area contributed by atoms with Gasteiger partial charge in [0, 0.05) is 49.5 Å². The number of aromatic nitrogens is 1. The highest BCUT2D eigenvalue weighted by atomic mass is 16.5. The maximum Gasteiger partial charge on any atom is 0.255 e. The topological polar surface area (TPSA) is 43.3 Å². The van der Waals surface area contributed by atoms with E-state index in [1.807, 2.05) is 10.6 Å². The van der Waals surface area contributed by atoms with Crippen LogP contribution in [0.4, 0.5) is 0 Å². The van der Waals surface area contributed by atoms with Crippen molar-refractivity contribution in [2.24, 2.45) is 0 Å². The van der Waals surface area contributed by atoms with Crippen molar-refractivity contribution in [2.75, 3.05) is 13.7 Å². The van der Waals surface area contributed by atoms with Crippen molar-refractivity contribution < 1.29 is 4.74 Å². The summed E-state index contributed by atoms with van der Waals surface area (Å²) in [4.78, 5) is 12.7. The normalized spacial score (nSPS) is 15.4. The molecule has 0 aliphatic heterocycles. The molecule has 0 atom stereocenters. The van der Waals surface area contributed by atoms with Crippen molar-refractivity contribution in [3.05, 3.63) is 33.7 Å². The number of pyridine rings is 1. The summed E-state index contributed by atoms with van der Waals surface area (Å²) in [5, 5.41) is 3.43. The van der Waals surface area contributed by atoms with Gasteiger partial charge in [-0.15, -0.1) is 0 Å². The van der Waals surface area contributed by atoms with Gasteiger partial charge in [0.25, 0.3) is 5.56 Å². The minimum Gasteiger partial charge on any atom is -0.385 e. The highest BCUT2D eigenvalue weighted by molar-refractivity contribution is 5.21. The molecule has 1 saturated carbocycles. The Kier molecular flexibility index (Phi) is 5.22. The van der Waals surface area contributed by atoms with Gasteiger partial charge in [-0.25, -0.2) is 0 Å². The first-order chi connectivity index (χ1) is 9.93. The lowest BCUT2D eigenvalue weighted by Gasteiger charge is -2.25. The predicted octanol–water partition coefficient (Wildman–Crippen LogP) is 2.43. The Morgan fingerprint density at radius 3 is 2.62 bits per heavy atom. The lowest BCUT2D eigenvalue weighted by molar-refractivity contribution is 0.189. The Hall–Kier alpha value is -1.13. The number of hydrogen-bond acceptors (Lipinski definition) is 3. The number of hydrogen-bond donors (Lipinski definition) is 1. The molecule has 0 unspecified atom stereocenters. The second-order valence-electron chi connectivity index (χ2n) is 6.95. The van der Waals surface area contributed by atoms with Gasteiger partial charge in [0.1, 0.15) is 0 Å². The minimum absolute atomic E-state index is 0.0331. The molecule has 0 spiro atoms. The first-order valence-electron chi connectivity index (χ1n) is 7.89. The largest absolute Gasteiger partial charge is 0.385 e. The molecule has 1 heterocycles. The Morgan fingerprint density at radius 2 is 2.05 bits per heavy atom. The fourth-order valence-electron chi connectivity index (χ4n) is 2.54. The Morgan fingerprint density at radius 1 is 1.33 bits per heavy atom. The molecule has 1 N–H and O–H groups in total. The molecule has 0 bridgehead atoms. The van der Waals surface area contributed by atoms with Crippen LogP contribution in [-0.4, -0.2) is 24.3 Å². The average molecular weight is 292 g/mol. The highest BCUT2D eigenvalue weighted by Gasteiger charge is 2.22. The predicted molar refractivity (Wildman–Crippen MR) is 85.8 cm³/mol. The van der Waals surface area contributed by atoms with Gasteiger partial charge in [-0.1, -0.05) is 26.8 Å². The summed E-state index contributed by atoms with van der Waals surface area (Å²) in [7, 11) is 1.70. The van der Waals surface area contributed by atoms with E-state index < -0.39 is 0 Å². The van der Waals surface area contributed by atoms with Gasteiger partial charge in [0.05, 0.1) is 0 Å². The van der Waals surface area contributed by atoms with E-state index in [0.29, 0.717) is 19.2 Å². The number of rotatable bonds is 7. The summed E-state index contributed by atoms with van der Waals surface area (Å²) in [6.45, 7) is 8.53. The summed E-state index contributed by atoms with van der Waals surface area (Å²) >= 11 is 0. The highest BCUT2D eigenvalue weighted by Crippen LogP contribution is 2.22. The van der Waals surface area contributed by atoms with Crippen LogP contribution in [0.15, 0.2) is 16.9 Å². The van der Waals surface area contributed by atoms with Crippen LogP contribution in [0.5, 0.6) is 0 Å². The summed E-state index contributed by atoms with van der Waals surface area (Å²) < 4.78 is 7.05. The molecule has 0 radical (unpaired) electrons. The van der Waals surface area contributed by atoms with Gasteiger partial charge < -0.3 is 14.6 Å². The molecule has 0 aromatic carbocycles. The van der Waals surface area contributed by atoms with E-state index in [1.54, 1.807) is 7.11 Å². The zero-order valence-electron chi connectivity index (χ0n) is 13.7. The molecule has 1 aromatic rings. The molecular weight excluding hydrogens is 264 g/mol. The van der Waals surface area contributed by atoms with Crippen molar-refractivity contribution >= 4 is 0 Å².